The number of hydrogen-bond donors (Lipinski definition) is 4. The molecule has 0 fully saturated rings. The van der Waals surface area contributed by atoms with Crippen molar-refractivity contribution in [2.45, 2.75) is 12.2 Å². The molecule has 1 aromatic carbocycles. The molecule has 0 aromatic heterocycles. The van der Waals surface area contributed by atoms with E-state index >= 15 is 0 Å². The normalized spacial score (nSPS) is 14.5. The first-order valence-electron chi connectivity index (χ1n) is 5.03. The molecule has 5 nitrogen and oxygen atoms in total. The minimum atomic E-state index is -0.982. The van der Waals surface area contributed by atoms with Crippen LogP contribution in [0.4, 0.5) is 5.69 Å². The topological polar surface area (TPSA) is 87.7 Å². The number of methoxy groups -OCH3 is 1. The first-order chi connectivity index (χ1) is 7.58. The van der Waals surface area contributed by atoms with Crippen LogP contribution in [0.5, 0.6) is 5.75 Å². The highest BCUT2D eigenvalue weighted by Gasteiger charge is 2.18. The molecule has 0 spiro atoms. The van der Waals surface area contributed by atoms with Gasteiger partial charge in [-0.25, -0.2) is 0 Å². The van der Waals surface area contributed by atoms with Gasteiger partial charge in [-0.1, -0.05) is 0 Å². The van der Waals surface area contributed by atoms with E-state index < -0.39 is 12.2 Å². The van der Waals surface area contributed by atoms with Crippen molar-refractivity contribution in [1.82, 2.24) is 5.32 Å². The molecule has 16 heavy (non-hydrogen) atoms. The number of likely N-dealkylation sites (N-methyl/N-ethyl adjacent to an activating group) is 1. The molecule has 0 heterocycles. The Morgan fingerprint density at radius 3 is 2.62 bits per heavy atom. The van der Waals surface area contributed by atoms with Gasteiger partial charge < -0.3 is 26.0 Å². The van der Waals surface area contributed by atoms with E-state index in [-0.39, 0.29) is 0 Å². The highest BCUT2D eigenvalue weighted by molar-refractivity contribution is 5.48. The van der Waals surface area contributed by atoms with Gasteiger partial charge in [-0.15, -0.1) is 0 Å². The van der Waals surface area contributed by atoms with Crippen LogP contribution in [0, 0.1) is 0 Å². The molecule has 5 N–H and O–H groups in total. The van der Waals surface area contributed by atoms with Crippen LogP contribution in [0.25, 0.3) is 0 Å². The summed E-state index contributed by atoms with van der Waals surface area (Å²) in [6.45, 7) is 0.304. The first-order valence-corrected chi connectivity index (χ1v) is 5.03. The van der Waals surface area contributed by atoms with Crippen LogP contribution in [-0.4, -0.2) is 37.0 Å². The number of ether oxygens (including phenoxy) is 1. The van der Waals surface area contributed by atoms with Crippen molar-refractivity contribution in [2.24, 2.45) is 0 Å². The zero-order valence-corrected chi connectivity index (χ0v) is 9.47. The van der Waals surface area contributed by atoms with Gasteiger partial charge in [0, 0.05) is 18.3 Å². The molecule has 0 bridgehead atoms. The lowest BCUT2D eigenvalue weighted by Gasteiger charge is -2.18. The van der Waals surface area contributed by atoms with Crippen molar-refractivity contribution in [1.29, 1.82) is 0 Å². The molecule has 0 saturated heterocycles. The average Bonchev–Trinajstić information content (AvgIpc) is 2.27. The molecule has 1 aromatic rings. The number of anilines is 1. The van der Waals surface area contributed by atoms with Crippen molar-refractivity contribution in [2.75, 3.05) is 26.4 Å². The minimum absolute atomic E-state index is 0.304. The van der Waals surface area contributed by atoms with Gasteiger partial charge in [0.15, 0.2) is 0 Å². The molecule has 0 amide bonds. The maximum Gasteiger partial charge on any atom is 0.121 e. The minimum Gasteiger partial charge on any atom is -0.497 e. The van der Waals surface area contributed by atoms with E-state index in [0.29, 0.717) is 23.5 Å². The van der Waals surface area contributed by atoms with Crippen LogP contribution in [0.1, 0.15) is 11.7 Å². The Hall–Kier alpha value is -1.30. The number of benzene rings is 1. The van der Waals surface area contributed by atoms with E-state index in [1.165, 1.54) is 7.11 Å². The summed E-state index contributed by atoms with van der Waals surface area (Å²) < 4.78 is 5.04. The fourth-order valence-electron chi connectivity index (χ4n) is 1.48. The monoisotopic (exact) mass is 226 g/mol. The quantitative estimate of drug-likeness (QED) is 0.526. The van der Waals surface area contributed by atoms with Crippen molar-refractivity contribution in [3.05, 3.63) is 23.8 Å². The third-order valence-electron chi connectivity index (χ3n) is 2.31. The zero-order chi connectivity index (χ0) is 12.1. The summed E-state index contributed by atoms with van der Waals surface area (Å²) in [6.07, 6.45) is -1.86. The smallest absolute Gasteiger partial charge is 0.121 e. The van der Waals surface area contributed by atoms with E-state index in [2.05, 4.69) is 5.32 Å². The van der Waals surface area contributed by atoms with Gasteiger partial charge in [-0.2, -0.15) is 0 Å². The first kappa shape index (κ1) is 12.8. The summed E-state index contributed by atoms with van der Waals surface area (Å²) in [4.78, 5) is 0. The Labute approximate surface area is 94.8 Å². The van der Waals surface area contributed by atoms with E-state index in [1.54, 1.807) is 25.2 Å². The summed E-state index contributed by atoms with van der Waals surface area (Å²) in [6, 6.07) is 4.92. The second-order valence-electron chi connectivity index (χ2n) is 3.61. The van der Waals surface area contributed by atoms with E-state index in [4.69, 9.17) is 10.5 Å². The molecule has 0 aliphatic carbocycles. The Balaban J connectivity index is 2.89. The number of aliphatic hydroxyl groups is 2. The molecular formula is C11H18N2O3. The molecule has 1 rings (SSSR count). The Morgan fingerprint density at radius 2 is 2.06 bits per heavy atom. The summed E-state index contributed by atoms with van der Waals surface area (Å²) >= 11 is 0. The molecule has 2 unspecified atom stereocenters. The van der Waals surface area contributed by atoms with Crippen LogP contribution in [-0.2, 0) is 0 Å². The SMILES string of the molecule is CNCC(O)C(O)c1cc(N)cc(OC)c1. The van der Waals surface area contributed by atoms with Gasteiger partial charge in [0.1, 0.15) is 11.9 Å². The van der Waals surface area contributed by atoms with Crippen molar-refractivity contribution < 1.29 is 14.9 Å². The van der Waals surface area contributed by atoms with Gasteiger partial charge in [-0.3, -0.25) is 0 Å². The summed E-state index contributed by atoms with van der Waals surface area (Å²) in [5.74, 6) is 0.561. The van der Waals surface area contributed by atoms with Gasteiger partial charge in [0.25, 0.3) is 0 Å². The standard InChI is InChI=1S/C11H18N2O3/c1-13-6-10(14)11(15)7-3-8(12)5-9(4-7)16-2/h3-5,10-11,13-15H,6,12H2,1-2H3. The van der Waals surface area contributed by atoms with E-state index in [9.17, 15) is 10.2 Å². The fraction of sp³-hybridized carbons (Fsp3) is 0.455. The van der Waals surface area contributed by atoms with Crippen LogP contribution in [0.2, 0.25) is 0 Å². The van der Waals surface area contributed by atoms with E-state index in [1.807, 2.05) is 0 Å². The molecule has 2 atom stereocenters. The van der Waals surface area contributed by atoms with Crippen molar-refractivity contribution >= 4 is 5.69 Å². The second kappa shape index (κ2) is 5.69. The number of nitrogens with two attached hydrogens (primary N) is 1. The highest BCUT2D eigenvalue weighted by Crippen LogP contribution is 2.25. The summed E-state index contributed by atoms with van der Waals surface area (Å²) in [5, 5.41) is 22.3. The lowest BCUT2D eigenvalue weighted by Crippen LogP contribution is -2.29. The lowest BCUT2D eigenvalue weighted by molar-refractivity contribution is 0.0202. The lowest BCUT2D eigenvalue weighted by atomic mass is 10.0. The van der Waals surface area contributed by atoms with Gasteiger partial charge in [0.05, 0.1) is 13.2 Å². The molecule has 90 valence electrons. The number of aliphatic hydroxyl groups excluding tert-OH is 2. The molecule has 0 saturated carbocycles. The van der Waals surface area contributed by atoms with Gasteiger partial charge in [-0.05, 0) is 24.7 Å². The maximum atomic E-state index is 9.86. The molecule has 5 heteroatoms. The Kier molecular flexibility index (Phi) is 4.54. The third-order valence-corrected chi connectivity index (χ3v) is 2.31. The molecule has 0 aliphatic heterocycles. The maximum absolute atomic E-state index is 9.86. The summed E-state index contributed by atoms with van der Waals surface area (Å²) in [5.41, 5.74) is 6.69. The molecule has 0 radical (unpaired) electrons. The predicted octanol–water partition coefficient (Wildman–Crippen LogP) is -0.109. The predicted molar refractivity (Wildman–Crippen MR) is 62.3 cm³/mol. The average molecular weight is 226 g/mol. The zero-order valence-electron chi connectivity index (χ0n) is 9.47. The van der Waals surface area contributed by atoms with Gasteiger partial charge in [0.2, 0.25) is 0 Å². The van der Waals surface area contributed by atoms with Gasteiger partial charge >= 0.3 is 0 Å². The van der Waals surface area contributed by atoms with Crippen LogP contribution in [0.15, 0.2) is 18.2 Å². The second-order valence-corrected chi connectivity index (χ2v) is 3.61. The number of nitrogen functional groups attached to an aromatic ring is 1. The third kappa shape index (κ3) is 3.10. The van der Waals surface area contributed by atoms with Crippen LogP contribution in [0.3, 0.4) is 0 Å². The fourth-order valence-corrected chi connectivity index (χ4v) is 1.48. The highest BCUT2D eigenvalue weighted by atomic mass is 16.5. The van der Waals surface area contributed by atoms with Crippen molar-refractivity contribution in [3.63, 3.8) is 0 Å². The molecular weight excluding hydrogens is 208 g/mol. The van der Waals surface area contributed by atoms with Crippen molar-refractivity contribution in [3.8, 4) is 5.75 Å². The number of rotatable bonds is 5. The molecule has 0 aliphatic rings. The largest absolute Gasteiger partial charge is 0.497 e. The number of nitrogens with one attached hydrogen (secondary N) is 1. The Morgan fingerprint density at radius 1 is 1.38 bits per heavy atom. The van der Waals surface area contributed by atoms with Crippen LogP contribution < -0.4 is 15.8 Å². The van der Waals surface area contributed by atoms with E-state index in [0.717, 1.165) is 0 Å². The van der Waals surface area contributed by atoms with Crippen LogP contribution >= 0.6 is 0 Å². The Bertz CT molecular complexity index is 344. The summed E-state index contributed by atoms with van der Waals surface area (Å²) in [7, 11) is 3.23. The number of hydrogen-bond acceptors (Lipinski definition) is 5.